The van der Waals surface area contributed by atoms with Gasteiger partial charge in [0.15, 0.2) is 11.6 Å². The Morgan fingerprint density at radius 3 is 2.44 bits per heavy atom. The Bertz CT molecular complexity index is 837. The summed E-state index contributed by atoms with van der Waals surface area (Å²) in [6.45, 7) is -0.760. The molecule has 0 saturated heterocycles. The van der Waals surface area contributed by atoms with E-state index in [1.54, 1.807) is 0 Å². The summed E-state index contributed by atoms with van der Waals surface area (Å²) < 4.78 is 48.7. The van der Waals surface area contributed by atoms with Gasteiger partial charge in [-0.3, -0.25) is 4.79 Å². The van der Waals surface area contributed by atoms with E-state index in [9.17, 15) is 18.0 Å². The maximum Gasteiger partial charge on any atom is 0.387 e. The van der Waals surface area contributed by atoms with Crippen LogP contribution in [0.25, 0.3) is 0 Å². The van der Waals surface area contributed by atoms with Crippen LogP contribution in [0.3, 0.4) is 0 Å². The van der Waals surface area contributed by atoms with Gasteiger partial charge in [-0.15, -0.1) is 0 Å². The second kappa shape index (κ2) is 13.2. The fourth-order valence-corrected chi connectivity index (χ4v) is 7.45. The van der Waals surface area contributed by atoms with Crippen molar-refractivity contribution >= 4 is 5.97 Å². The lowest BCUT2D eigenvalue weighted by atomic mass is 9.59. The highest BCUT2D eigenvalue weighted by atomic mass is 19.3. The molecule has 6 heteroatoms. The van der Waals surface area contributed by atoms with E-state index in [1.807, 2.05) is 0 Å². The summed E-state index contributed by atoms with van der Waals surface area (Å²) in [4.78, 5) is 13.0. The van der Waals surface area contributed by atoms with E-state index < -0.39 is 12.4 Å². The first-order valence-electron chi connectivity index (χ1n) is 14.4. The first-order valence-corrected chi connectivity index (χ1v) is 14.4. The number of hydrogen-bond donors (Lipinski definition) is 0. The zero-order valence-electron chi connectivity index (χ0n) is 21.7. The molecule has 202 valence electrons. The number of ether oxygens (including phenoxy) is 2. The van der Waals surface area contributed by atoms with Crippen LogP contribution in [-0.4, -0.2) is 12.6 Å². The van der Waals surface area contributed by atoms with Crippen LogP contribution in [0.2, 0.25) is 0 Å². The molecule has 4 unspecified atom stereocenters. The summed E-state index contributed by atoms with van der Waals surface area (Å²) in [5.74, 6) is 1.45. The van der Waals surface area contributed by atoms with Crippen molar-refractivity contribution in [2.45, 2.75) is 110 Å². The van der Waals surface area contributed by atoms with Gasteiger partial charge < -0.3 is 9.47 Å². The van der Waals surface area contributed by atoms with Crippen LogP contribution in [0.4, 0.5) is 13.2 Å². The molecule has 0 aromatic heterocycles. The smallest absolute Gasteiger partial charge is 0.387 e. The first-order chi connectivity index (χ1) is 17.4. The second-order valence-corrected chi connectivity index (χ2v) is 11.6. The molecule has 3 aliphatic carbocycles. The molecule has 4 atom stereocenters. The van der Waals surface area contributed by atoms with E-state index >= 15 is 0 Å². The van der Waals surface area contributed by atoms with Crippen molar-refractivity contribution in [1.29, 1.82) is 0 Å². The molecule has 3 saturated carbocycles. The average molecular weight is 509 g/mol. The summed E-state index contributed by atoms with van der Waals surface area (Å²) >= 11 is 0. The minimum Gasteiger partial charge on any atom is -0.435 e. The van der Waals surface area contributed by atoms with Gasteiger partial charge in [-0.2, -0.15) is 8.78 Å². The molecule has 36 heavy (non-hydrogen) atoms. The number of rotatable bonds is 10. The van der Waals surface area contributed by atoms with Crippen molar-refractivity contribution < 1.29 is 27.4 Å². The normalized spacial score (nSPS) is 30.6. The molecular weight excluding hydrogens is 465 g/mol. The topological polar surface area (TPSA) is 35.5 Å². The Labute approximate surface area is 214 Å². The highest BCUT2D eigenvalue weighted by molar-refractivity contribution is 5.75. The van der Waals surface area contributed by atoms with E-state index in [2.05, 4.69) is 11.7 Å². The molecule has 0 N–H and O–H groups in total. The van der Waals surface area contributed by atoms with E-state index in [0.717, 1.165) is 43.1 Å². The predicted molar refractivity (Wildman–Crippen MR) is 135 cm³/mol. The van der Waals surface area contributed by atoms with Gasteiger partial charge in [0.2, 0.25) is 0 Å². The number of carbonyl (C=O) groups excluding carboxylic acids is 1. The summed E-state index contributed by atoms with van der Waals surface area (Å²) in [6.07, 6.45) is 18.8. The highest BCUT2D eigenvalue weighted by Gasteiger charge is 2.43. The quantitative estimate of drug-likeness (QED) is 0.180. The van der Waals surface area contributed by atoms with E-state index in [0.29, 0.717) is 11.8 Å². The molecule has 3 aliphatic rings. The van der Waals surface area contributed by atoms with Gasteiger partial charge in [0.25, 0.3) is 0 Å². The molecule has 3 fully saturated rings. The van der Waals surface area contributed by atoms with Crippen LogP contribution in [0.1, 0.15) is 103 Å². The number of fused-ring (bicyclic) bond motifs is 1. The lowest BCUT2D eigenvalue weighted by molar-refractivity contribution is -0.144. The summed E-state index contributed by atoms with van der Waals surface area (Å²) in [5, 5.41) is 0. The molecule has 0 aliphatic heterocycles. The zero-order valence-corrected chi connectivity index (χ0v) is 21.7. The van der Waals surface area contributed by atoms with Gasteiger partial charge >= 0.3 is 12.6 Å². The van der Waals surface area contributed by atoms with Gasteiger partial charge in [0.1, 0.15) is 5.75 Å². The Hall–Kier alpha value is -1.72. The van der Waals surface area contributed by atoms with Crippen LogP contribution in [0.5, 0.6) is 11.5 Å². The largest absolute Gasteiger partial charge is 0.435 e. The Kier molecular flexibility index (Phi) is 10.0. The molecule has 1 aromatic carbocycles. The maximum absolute atomic E-state index is 14.3. The van der Waals surface area contributed by atoms with Crippen molar-refractivity contribution in [3.63, 3.8) is 0 Å². The number of benzene rings is 1. The number of esters is 1. The van der Waals surface area contributed by atoms with Crippen molar-refractivity contribution in [3.8, 4) is 11.5 Å². The third kappa shape index (κ3) is 7.19. The van der Waals surface area contributed by atoms with Gasteiger partial charge in [0.05, 0.1) is 5.92 Å². The van der Waals surface area contributed by atoms with E-state index in [1.165, 1.54) is 89.2 Å². The summed E-state index contributed by atoms with van der Waals surface area (Å²) in [5.41, 5.74) is 0. The van der Waals surface area contributed by atoms with Crippen molar-refractivity contribution in [1.82, 2.24) is 0 Å². The zero-order chi connectivity index (χ0) is 25.5. The number of carbonyl (C=O) groups is 1. The number of alkyl halides is 2. The fraction of sp³-hybridized carbons (Fsp3) is 0.767. The Morgan fingerprint density at radius 2 is 1.72 bits per heavy atom. The monoisotopic (exact) mass is 508 g/mol. The van der Waals surface area contributed by atoms with Crippen molar-refractivity contribution in [3.05, 3.63) is 24.0 Å². The second-order valence-electron chi connectivity index (χ2n) is 11.6. The third-order valence-corrected chi connectivity index (χ3v) is 9.35. The maximum atomic E-state index is 14.3. The number of unbranched alkanes of at least 4 members (excludes halogenated alkanes) is 3. The summed E-state index contributed by atoms with van der Waals surface area (Å²) in [7, 11) is 0. The van der Waals surface area contributed by atoms with E-state index in [-0.39, 0.29) is 23.4 Å². The van der Waals surface area contributed by atoms with Gasteiger partial charge in [-0.1, -0.05) is 64.7 Å². The molecular formula is C30H43F3O3. The molecule has 0 spiro atoms. The highest BCUT2D eigenvalue weighted by Crippen LogP contribution is 2.50. The minimum absolute atomic E-state index is 0.208. The number of halogens is 3. The Balaban J connectivity index is 1.26. The number of hydrogen-bond acceptors (Lipinski definition) is 3. The average Bonchev–Trinajstić information content (AvgIpc) is 2.87. The Morgan fingerprint density at radius 1 is 0.944 bits per heavy atom. The molecule has 0 heterocycles. The van der Waals surface area contributed by atoms with Crippen LogP contribution >= 0.6 is 0 Å². The van der Waals surface area contributed by atoms with Crippen LogP contribution in [0, 0.1) is 41.3 Å². The van der Waals surface area contributed by atoms with Crippen LogP contribution in [0.15, 0.2) is 18.2 Å². The molecule has 1 aromatic rings. The van der Waals surface area contributed by atoms with Gasteiger partial charge in [0, 0.05) is 6.07 Å². The lowest BCUT2D eigenvalue weighted by Crippen LogP contribution is -2.40. The first kappa shape index (κ1) is 27.3. The van der Waals surface area contributed by atoms with E-state index in [4.69, 9.17) is 4.74 Å². The minimum atomic E-state index is -3.03. The molecule has 0 amide bonds. The lowest BCUT2D eigenvalue weighted by Gasteiger charge is -2.46. The van der Waals surface area contributed by atoms with Gasteiger partial charge in [-0.25, -0.2) is 4.39 Å². The van der Waals surface area contributed by atoms with Crippen molar-refractivity contribution in [2.24, 2.45) is 35.5 Å². The van der Waals surface area contributed by atoms with Crippen LogP contribution < -0.4 is 9.47 Å². The standard InChI is InChI=1S/C30H43F3O3/c1-2-3-4-5-7-20-10-12-21(13-11-20)22-14-16-25-23(18-22)8-6-9-26(25)29(34)36-28-17-15-24(19-27(28)31)35-30(32)33/h15,17,19-23,25-26,30H,2-14,16,18H2,1H3. The van der Waals surface area contributed by atoms with Crippen LogP contribution in [-0.2, 0) is 4.79 Å². The van der Waals surface area contributed by atoms with Gasteiger partial charge in [-0.05, 0) is 80.2 Å². The SMILES string of the molecule is CCCCCCC1CCC(C2CCC3C(CCCC3C(=O)Oc3ccc(OC(F)F)cc3F)C2)CC1. The van der Waals surface area contributed by atoms with Crippen molar-refractivity contribution in [2.75, 3.05) is 0 Å². The fourth-order valence-electron chi connectivity index (χ4n) is 7.45. The molecule has 3 nitrogen and oxygen atoms in total. The third-order valence-electron chi connectivity index (χ3n) is 9.35. The summed E-state index contributed by atoms with van der Waals surface area (Å²) in [6, 6.07) is 3.23. The molecule has 0 bridgehead atoms. The predicted octanol–water partition coefficient (Wildman–Crippen LogP) is 8.94. The molecule has 4 rings (SSSR count). The molecule has 0 radical (unpaired) electrons.